The second-order valence-corrected chi connectivity index (χ2v) is 3.35. The first kappa shape index (κ1) is 10.5. The minimum atomic E-state index is 0.732. The van der Waals surface area contributed by atoms with Crippen molar-refractivity contribution in [3.63, 3.8) is 0 Å². The highest BCUT2D eigenvalue weighted by atomic mass is 32.1. The smallest absolute Gasteiger partial charge is 0.119 e. The van der Waals surface area contributed by atoms with Gasteiger partial charge in [-0.05, 0) is 43.2 Å². The second kappa shape index (κ2) is 5.92. The van der Waals surface area contributed by atoms with Crippen molar-refractivity contribution in [2.24, 2.45) is 0 Å². The van der Waals surface area contributed by atoms with E-state index in [1.807, 2.05) is 19.1 Å². The van der Waals surface area contributed by atoms with Crippen LogP contribution in [-0.4, -0.2) is 12.4 Å². The SMILES string of the molecule is CCOc1ccc(CCCS)cc1. The molecule has 1 rings (SSSR count). The van der Waals surface area contributed by atoms with E-state index in [0.717, 1.165) is 31.0 Å². The summed E-state index contributed by atoms with van der Waals surface area (Å²) in [5.41, 5.74) is 1.36. The maximum atomic E-state index is 5.35. The number of benzene rings is 1. The first-order valence-corrected chi connectivity index (χ1v) is 5.32. The monoisotopic (exact) mass is 196 g/mol. The number of ether oxygens (including phenoxy) is 1. The summed E-state index contributed by atoms with van der Waals surface area (Å²) in [6.45, 7) is 2.73. The van der Waals surface area contributed by atoms with Gasteiger partial charge >= 0.3 is 0 Å². The van der Waals surface area contributed by atoms with Crippen LogP contribution in [0.5, 0.6) is 5.75 Å². The van der Waals surface area contributed by atoms with Gasteiger partial charge in [0.15, 0.2) is 0 Å². The van der Waals surface area contributed by atoms with E-state index in [1.54, 1.807) is 0 Å². The van der Waals surface area contributed by atoms with E-state index >= 15 is 0 Å². The Morgan fingerprint density at radius 2 is 1.92 bits per heavy atom. The average molecular weight is 196 g/mol. The first-order chi connectivity index (χ1) is 6.36. The molecule has 1 nitrogen and oxygen atoms in total. The van der Waals surface area contributed by atoms with Crippen LogP contribution >= 0.6 is 12.6 Å². The topological polar surface area (TPSA) is 9.23 Å². The minimum absolute atomic E-state index is 0.732. The summed E-state index contributed by atoms with van der Waals surface area (Å²) in [5, 5.41) is 0. The van der Waals surface area contributed by atoms with Crippen LogP contribution in [0.3, 0.4) is 0 Å². The molecular formula is C11H16OS. The van der Waals surface area contributed by atoms with Gasteiger partial charge in [0.2, 0.25) is 0 Å². The van der Waals surface area contributed by atoms with Gasteiger partial charge in [-0.2, -0.15) is 12.6 Å². The Morgan fingerprint density at radius 3 is 2.46 bits per heavy atom. The van der Waals surface area contributed by atoms with E-state index in [1.165, 1.54) is 5.56 Å². The summed E-state index contributed by atoms with van der Waals surface area (Å²) in [6.07, 6.45) is 2.24. The summed E-state index contributed by atoms with van der Waals surface area (Å²) in [4.78, 5) is 0. The van der Waals surface area contributed by atoms with Crippen LogP contribution in [0, 0.1) is 0 Å². The third kappa shape index (κ3) is 3.73. The lowest BCUT2D eigenvalue weighted by Gasteiger charge is -2.03. The minimum Gasteiger partial charge on any atom is -0.494 e. The van der Waals surface area contributed by atoms with Crippen LogP contribution in [0.2, 0.25) is 0 Å². The van der Waals surface area contributed by atoms with Crippen LogP contribution in [0.1, 0.15) is 18.9 Å². The predicted molar refractivity (Wildman–Crippen MR) is 59.8 cm³/mol. The summed E-state index contributed by atoms with van der Waals surface area (Å²) in [5.74, 6) is 1.91. The highest BCUT2D eigenvalue weighted by molar-refractivity contribution is 7.80. The van der Waals surface area contributed by atoms with Gasteiger partial charge < -0.3 is 4.74 Å². The molecule has 0 amide bonds. The van der Waals surface area contributed by atoms with Crippen LogP contribution in [0.25, 0.3) is 0 Å². The second-order valence-electron chi connectivity index (χ2n) is 2.90. The van der Waals surface area contributed by atoms with E-state index in [2.05, 4.69) is 24.8 Å². The summed E-state index contributed by atoms with van der Waals surface area (Å²) in [6, 6.07) is 8.29. The quantitative estimate of drug-likeness (QED) is 0.712. The third-order valence-electron chi connectivity index (χ3n) is 1.86. The van der Waals surface area contributed by atoms with Gasteiger partial charge in [0.05, 0.1) is 6.61 Å². The molecule has 0 saturated carbocycles. The molecule has 0 bridgehead atoms. The number of aryl methyl sites for hydroxylation is 1. The molecule has 0 N–H and O–H groups in total. The lowest BCUT2D eigenvalue weighted by molar-refractivity contribution is 0.340. The molecule has 0 radical (unpaired) electrons. The Kier molecular flexibility index (Phi) is 4.76. The van der Waals surface area contributed by atoms with Crippen molar-refractivity contribution in [3.05, 3.63) is 29.8 Å². The van der Waals surface area contributed by atoms with Gasteiger partial charge in [-0.15, -0.1) is 0 Å². The molecule has 0 fully saturated rings. The van der Waals surface area contributed by atoms with Crippen LogP contribution in [-0.2, 0) is 6.42 Å². The molecule has 0 aliphatic heterocycles. The largest absolute Gasteiger partial charge is 0.494 e. The zero-order valence-corrected chi connectivity index (χ0v) is 8.89. The Labute approximate surface area is 85.5 Å². The van der Waals surface area contributed by atoms with E-state index in [0.29, 0.717) is 0 Å². The molecule has 13 heavy (non-hydrogen) atoms. The van der Waals surface area contributed by atoms with Crippen molar-refractivity contribution in [2.45, 2.75) is 19.8 Å². The lowest BCUT2D eigenvalue weighted by atomic mass is 10.1. The van der Waals surface area contributed by atoms with Gasteiger partial charge in [0, 0.05) is 0 Å². The highest BCUT2D eigenvalue weighted by Crippen LogP contribution is 2.13. The van der Waals surface area contributed by atoms with Gasteiger partial charge in [0.1, 0.15) is 5.75 Å². The molecule has 1 aromatic rings. The molecular weight excluding hydrogens is 180 g/mol. The van der Waals surface area contributed by atoms with E-state index in [-0.39, 0.29) is 0 Å². The van der Waals surface area contributed by atoms with E-state index in [9.17, 15) is 0 Å². The Hall–Kier alpha value is -0.630. The molecule has 72 valence electrons. The fraction of sp³-hybridized carbons (Fsp3) is 0.455. The fourth-order valence-electron chi connectivity index (χ4n) is 1.20. The third-order valence-corrected chi connectivity index (χ3v) is 2.17. The zero-order valence-electron chi connectivity index (χ0n) is 7.99. The van der Waals surface area contributed by atoms with Gasteiger partial charge in [-0.1, -0.05) is 12.1 Å². The van der Waals surface area contributed by atoms with Gasteiger partial charge in [-0.3, -0.25) is 0 Å². The normalized spacial score (nSPS) is 10.0. The lowest BCUT2D eigenvalue weighted by Crippen LogP contribution is -1.92. The molecule has 0 heterocycles. The fourth-order valence-corrected chi connectivity index (χ4v) is 1.36. The van der Waals surface area contributed by atoms with Gasteiger partial charge in [0.25, 0.3) is 0 Å². The summed E-state index contributed by atoms with van der Waals surface area (Å²) >= 11 is 4.18. The molecule has 0 aliphatic carbocycles. The molecule has 2 heteroatoms. The molecule has 0 unspecified atom stereocenters. The Morgan fingerprint density at radius 1 is 1.23 bits per heavy atom. The summed E-state index contributed by atoms with van der Waals surface area (Å²) in [7, 11) is 0. The maximum absolute atomic E-state index is 5.35. The standard InChI is InChI=1S/C11H16OS/c1-2-12-11-7-5-10(6-8-11)4-3-9-13/h5-8,13H,2-4,9H2,1H3. The van der Waals surface area contributed by atoms with Crippen LogP contribution < -0.4 is 4.74 Å². The molecule has 0 saturated heterocycles. The number of rotatable bonds is 5. The van der Waals surface area contributed by atoms with Crippen LogP contribution in [0.15, 0.2) is 24.3 Å². The van der Waals surface area contributed by atoms with E-state index < -0.39 is 0 Å². The van der Waals surface area contributed by atoms with Crippen molar-refractivity contribution < 1.29 is 4.74 Å². The van der Waals surface area contributed by atoms with Gasteiger partial charge in [-0.25, -0.2) is 0 Å². The van der Waals surface area contributed by atoms with Crippen molar-refractivity contribution >= 4 is 12.6 Å². The highest BCUT2D eigenvalue weighted by Gasteiger charge is 1.93. The van der Waals surface area contributed by atoms with Crippen molar-refractivity contribution in [1.82, 2.24) is 0 Å². The van der Waals surface area contributed by atoms with Crippen molar-refractivity contribution in [3.8, 4) is 5.75 Å². The number of thiol groups is 1. The van der Waals surface area contributed by atoms with E-state index in [4.69, 9.17) is 4.74 Å². The number of hydrogen-bond acceptors (Lipinski definition) is 2. The average Bonchev–Trinajstić information content (AvgIpc) is 2.17. The summed E-state index contributed by atoms with van der Waals surface area (Å²) < 4.78 is 5.35. The molecule has 1 aromatic carbocycles. The molecule has 0 aliphatic rings. The Balaban J connectivity index is 2.48. The van der Waals surface area contributed by atoms with Crippen molar-refractivity contribution in [2.75, 3.05) is 12.4 Å². The number of hydrogen-bond donors (Lipinski definition) is 1. The maximum Gasteiger partial charge on any atom is 0.119 e. The zero-order chi connectivity index (χ0) is 9.52. The first-order valence-electron chi connectivity index (χ1n) is 4.69. The van der Waals surface area contributed by atoms with Crippen LogP contribution in [0.4, 0.5) is 0 Å². The van der Waals surface area contributed by atoms with Crippen molar-refractivity contribution in [1.29, 1.82) is 0 Å². The molecule has 0 atom stereocenters. The molecule has 0 spiro atoms. The Bertz CT molecular complexity index is 230. The predicted octanol–water partition coefficient (Wildman–Crippen LogP) is 2.95. The molecule has 0 aromatic heterocycles.